The van der Waals surface area contributed by atoms with E-state index in [-0.39, 0.29) is 11.9 Å². The van der Waals surface area contributed by atoms with E-state index in [2.05, 4.69) is 6.92 Å². The van der Waals surface area contributed by atoms with E-state index >= 15 is 0 Å². The highest BCUT2D eigenvalue weighted by Gasteiger charge is 2.07. The van der Waals surface area contributed by atoms with Gasteiger partial charge in [-0.15, -0.1) is 0 Å². The normalized spacial score (nSPS) is 10.5. The molecule has 0 heterocycles. The van der Waals surface area contributed by atoms with Gasteiger partial charge in [0.05, 0.1) is 6.61 Å². The Kier molecular flexibility index (Phi) is 9.84. The summed E-state index contributed by atoms with van der Waals surface area (Å²) in [6.45, 7) is 2.65. The number of rotatable bonds is 12. The molecular weight excluding hydrogens is 352 g/mol. The van der Waals surface area contributed by atoms with Gasteiger partial charge in [0, 0.05) is 12.8 Å². The van der Waals surface area contributed by atoms with Gasteiger partial charge in [-0.25, -0.2) is 0 Å². The van der Waals surface area contributed by atoms with Crippen molar-refractivity contribution in [1.29, 1.82) is 0 Å². The molecule has 0 aliphatic carbocycles. The van der Waals surface area contributed by atoms with E-state index < -0.39 is 0 Å². The largest absolute Gasteiger partial charge is 0.466 e. The smallest absolute Gasteiger partial charge is 0.311 e. The highest BCUT2D eigenvalue weighted by molar-refractivity contribution is 5.73. The second-order valence-electron chi connectivity index (χ2n) is 6.85. The Balaban J connectivity index is 1.60. The van der Waals surface area contributed by atoms with Crippen molar-refractivity contribution in [2.24, 2.45) is 0 Å². The van der Waals surface area contributed by atoms with E-state index in [9.17, 15) is 9.59 Å². The zero-order valence-electron chi connectivity index (χ0n) is 16.7. The summed E-state index contributed by atoms with van der Waals surface area (Å²) in [7, 11) is 0. The van der Waals surface area contributed by atoms with Crippen LogP contribution >= 0.6 is 0 Å². The second kappa shape index (κ2) is 12.7. The van der Waals surface area contributed by atoms with Gasteiger partial charge in [-0.1, -0.05) is 68.7 Å². The molecule has 0 saturated carbocycles. The minimum absolute atomic E-state index is 0.179. The summed E-state index contributed by atoms with van der Waals surface area (Å²) in [6, 6.07) is 17.5. The first kappa shape index (κ1) is 21.7. The average Bonchev–Trinajstić information content (AvgIpc) is 2.72. The molecule has 0 aliphatic heterocycles. The quantitative estimate of drug-likeness (QED) is 0.259. The maximum Gasteiger partial charge on any atom is 0.311 e. The van der Waals surface area contributed by atoms with E-state index in [1.54, 1.807) is 12.1 Å². The van der Waals surface area contributed by atoms with Gasteiger partial charge in [0.15, 0.2) is 0 Å². The molecule has 0 fully saturated rings. The van der Waals surface area contributed by atoms with Crippen molar-refractivity contribution in [2.75, 3.05) is 6.61 Å². The minimum Gasteiger partial charge on any atom is -0.466 e. The number of carbonyl (C=O) groups is 2. The predicted molar refractivity (Wildman–Crippen MR) is 111 cm³/mol. The fraction of sp³-hybridized carbons (Fsp3) is 0.417. The summed E-state index contributed by atoms with van der Waals surface area (Å²) >= 11 is 0. The molecule has 0 radical (unpaired) electrons. The standard InChI is InChI=1S/C24H30O4/c1-2-3-4-10-19-27-23(25)13-8-9-14-24(26)28-22-17-15-21(16-18-22)20-11-6-5-7-12-20/h5-7,11-12,15-18H,2-4,8-10,13-14,19H2,1H3. The van der Waals surface area contributed by atoms with E-state index in [4.69, 9.17) is 9.47 Å². The minimum atomic E-state index is -0.277. The first-order valence-electron chi connectivity index (χ1n) is 10.2. The van der Waals surface area contributed by atoms with Crippen LogP contribution in [0, 0.1) is 0 Å². The number of unbranched alkanes of at least 4 members (excludes halogenated alkanes) is 4. The molecule has 0 aliphatic rings. The number of carbonyl (C=O) groups excluding carboxylic acids is 2. The second-order valence-corrected chi connectivity index (χ2v) is 6.85. The Morgan fingerprint density at radius 3 is 2.04 bits per heavy atom. The van der Waals surface area contributed by atoms with Crippen LogP contribution in [-0.2, 0) is 14.3 Å². The predicted octanol–water partition coefficient (Wildman–Crippen LogP) is 5.94. The highest BCUT2D eigenvalue weighted by Crippen LogP contribution is 2.22. The van der Waals surface area contributed by atoms with Crippen LogP contribution in [0.3, 0.4) is 0 Å². The molecule has 0 N–H and O–H groups in total. The van der Waals surface area contributed by atoms with Gasteiger partial charge in [0.1, 0.15) is 5.75 Å². The molecule has 4 nitrogen and oxygen atoms in total. The molecule has 2 aromatic rings. The Labute approximate surface area is 167 Å². The molecule has 0 spiro atoms. The van der Waals surface area contributed by atoms with Crippen molar-refractivity contribution in [3.8, 4) is 16.9 Å². The van der Waals surface area contributed by atoms with Crippen LogP contribution in [0.2, 0.25) is 0 Å². The van der Waals surface area contributed by atoms with Crippen LogP contribution in [-0.4, -0.2) is 18.5 Å². The summed E-state index contributed by atoms with van der Waals surface area (Å²) in [6.07, 6.45) is 6.27. The fourth-order valence-corrected chi connectivity index (χ4v) is 2.85. The molecule has 4 heteroatoms. The first-order chi connectivity index (χ1) is 13.7. The number of benzene rings is 2. The Morgan fingerprint density at radius 1 is 0.714 bits per heavy atom. The van der Waals surface area contributed by atoms with Crippen molar-refractivity contribution in [3.63, 3.8) is 0 Å². The zero-order chi connectivity index (χ0) is 20.0. The third kappa shape index (κ3) is 8.38. The van der Waals surface area contributed by atoms with Crippen LogP contribution in [0.5, 0.6) is 5.75 Å². The van der Waals surface area contributed by atoms with Gasteiger partial charge in [-0.2, -0.15) is 0 Å². The monoisotopic (exact) mass is 382 g/mol. The van der Waals surface area contributed by atoms with Gasteiger partial charge >= 0.3 is 11.9 Å². The molecule has 0 amide bonds. The lowest BCUT2D eigenvalue weighted by molar-refractivity contribution is -0.144. The Morgan fingerprint density at radius 2 is 1.36 bits per heavy atom. The van der Waals surface area contributed by atoms with Crippen LogP contribution in [0.15, 0.2) is 54.6 Å². The van der Waals surface area contributed by atoms with E-state index in [0.717, 1.165) is 24.0 Å². The lowest BCUT2D eigenvalue weighted by Gasteiger charge is -2.07. The molecule has 0 unspecified atom stereocenters. The topological polar surface area (TPSA) is 52.6 Å². The van der Waals surface area contributed by atoms with E-state index in [0.29, 0.717) is 38.0 Å². The average molecular weight is 382 g/mol. The van der Waals surface area contributed by atoms with Gasteiger partial charge < -0.3 is 9.47 Å². The molecular formula is C24H30O4. The molecule has 0 bridgehead atoms. The molecule has 28 heavy (non-hydrogen) atoms. The molecule has 150 valence electrons. The van der Waals surface area contributed by atoms with E-state index in [1.807, 2.05) is 42.5 Å². The number of hydrogen-bond acceptors (Lipinski definition) is 4. The Hall–Kier alpha value is -2.62. The van der Waals surface area contributed by atoms with Crippen LogP contribution in [0.1, 0.15) is 58.3 Å². The van der Waals surface area contributed by atoms with Crippen LogP contribution in [0.25, 0.3) is 11.1 Å². The number of esters is 2. The first-order valence-corrected chi connectivity index (χ1v) is 10.2. The molecule has 0 atom stereocenters. The molecule has 0 aromatic heterocycles. The van der Waals surface area contributed by atoms with Gasteiger partial charge in [-0.05, 0) is 42.5 Å². The van der Waals surface area contributed by atoms with Crippen molar-refractivity contribution >= 4 is 11.9 Å². The van der Waals surface area contributed by atoms with Crippen molar-refractivity contribution in [2.45, 2.75) is 58.3 Å². The number of ether oxygens (including phenoxy) is 2. The SMILES string of the molecule is CCCCCCOC(=O)CCCCC(=O)Oc1ccc(-c2ccccc2)cc1. The van der Waals surface area contributed by atoms with Crippen molar-refractivity contribution in [3.05, 3.63) is 54.6 Å². The fourth-order valence-electron chi connectivity index (χ4n) is 2.85. The summed E-state index contributed by atoms with van der Waals surface area (Å²) in [5, 5.41) is 0. The lowest BCUT2D eigenvalue weighted by Crippen LogP contribution is -2.09. The molecule has 2 rings (SSSR count). The Bertz CT molecular complexity index is 707. The number of hydrogen-bond donors (Lipinski definition) is 0. The van der Waals surface area contributed by atoms with Gasteiger partial charge in [0.25, 0.3) is 0 Å². The van der Waals surface area contributed by atoms with Crippen molar-refractivity contribution in [1.82, 2.24) is 0 Å². The van der Waals surface area contributed by atoms with Gasteiger partial charge in [0.2, 0.25) is 0 Å². The summed E-state index contributed by atoms with van der Waals surface area (Å²) in [5.41, 5.74) is 2.20. The summed E-state index contributed by atoms with van der Waals surface area (Å²) < 4.78 is 10.5. The third-order valence-electron chi connectivity index (χ3n) is 4.47. The highest BCUT2D eigenvalue weighted by atomic mass is 16.5. The lowest BCUT2D eigenvalue weighted by atomic mass is 10.1. The maximum atomic E-state index is 11.9. The van der Waals surface area contributed by atoms with Crippen LogP contribution in [0.4, 0.5) is 0 Å². The molecule has 2 aromatic carbocycles. The summed E-state index contributed by atoms with van der Waals surface area (Å²) in [4.78, 5) is 23.6. The van der Waals surface area contributed by atoms with Gasteiger partial charge in [-0.3, -0.25) is 9.59 Å². The zero-order valence-corrected chi connectivity index (χ0v) is 16.7. The molecule has 0 saturated heterocycles. The van der Waals surface area contributed by atoms with Crippen molar-refractivity contribution < 1.29 is 19.1 Å². The van der Waals surface area contributed by atoms with Crippen LogP contribution < -0.4 is 4.74 Å². The summed E-state index contributed by atoms with van der Waals surface area (Å²) in [5.74, 6) is 0.0814. The third-order valence-corrected chi connectivity index (χ3v) is 4.47. The van der Waals surface area contributed by atoms with E-state index in [1.165, 1.54) is 12.8 Å². The maximum absolute atomic E-state index is 11.9.